The van der Waals surface area contributed by atoms with E-state index in [0.29, 0.717) is 41.7 Å². The van der Waals surface area contributed by atoms with Crippen LogP contribution in [0.2, 0.25) is 0 Å². The van der Waals surface area contributed by atoms with Gasteiger partial charge in [-0.25, -0.2) is 18.4 Å². The molecule has 0 aliphatic carbocycles. The topological polar surface area (TPSA) is 79.3 Å². The summed E-state index contributed by atoms with van der Waals surface area (Å²) in [6.45, 7) is 4.67. The molecule has 1 fully saturated rings. The zero-order valence-corrected chi connectivity index (χ0v) is 18.3. The number of nitrogens with zero attached hydrogens (tertiary/aromatic N) is 5. The Morgan fingerprint density at radius 3 is 2.25 bits per heavy atom. The Morgan fingerprint density at radius 1 is 1.00 bits per heavy atom. The van der Waals surface area contributed by atoms with Crippen LogP contribution in [0.4, 0.5) is 19.0 Å². The predicted molar refractivity (Wildman–Crippen MR) is 116 cm³/mol. The summed E-state index contributed by atoms with van der Waals surface area (Å²) in [7, 11) is -3.50. The highest BCUT2D eigenvalue weighted by Crippen LogP contribution is 2.32. The Bertz CT molecular complexity index is 1210. The molecule has 0 unspecified atom stereocenters. The second-order valence-electron chi connectivity index (χ2n) is 6.99. The maximum Gasteiger partial charge on any atom is 0.416 e. The van der Waals surface area contributed by atoms with Gasteiger partial charge in [-0.05, 0) is 29.7 Å². The van der Waals surface area contributed by atoms with Crippen molar-refractivity contribution < 1.29 is 21.6 Å². The molecule has 12 heteroatoms. The molecule has 3 heterocycles. The van der Waals surface area contributed by atoms with Crippen LogP contribution in [0.15, 0.2) is 53.8 Å². The van der Waals surface area contributed by atoms with Crippen molar-refractivity contribution in [1.29, 1.82) is 0 Å². The number of halogens is 3. The van der Waals surface area contributed by atoms with E-state index in [4.69, 9.17) is 0 Å². The van der Waals surface area contributed by atoms with E-state index in [0.717, 1.165) is 17.5 Å². The van der Waals surface area contributed by atoms with Crippen LogP contribution < -0.4 is 4.90 Å². The molecule has 32 heavy (non-hydrogen) atoms. The molecule has 1 aliphatic rings. The fourth-order valence-corrected chi connectivity index (χ4v) is 4.68. The smallest absolute Gasteiger partial charge is 0.354 e. The molecule has 3 aromatic rings. The van der Waals surface area contributed by atoms with E-state index in [1.54, 1.807) is 17.5 Å². The van der Waals surface area contributed by atoms with Gasteiger partial charge in [-0.2, -0.15) is 21.9 Å². The fourth-order valence-electron chi connectivity index (χ4n) is 3.29. The van der Waals surface area contributed by atoms with Gasteiger partial charge in [0.05, 0.1) is 11.3 Å². The molecular formula is C20H18F3N5O2S2. The Labute approximate surface area is 187 Å². The van der Waals surface area contributed by atoms with Gasteiger partial charge in [0.25, 0.3) is 0 Å². The van der Waals surface area contributed by atoms with Crippen LogP contribution in [0, 0.1) is 0 Å². The van der Waals surface area contributed by atoms with Gasteiger partial charge in [0, 0.05) is 48.6 Å². The molecule has 1 aliphatic heterocycles. The number of sulfonamides is 1. The molecule has 4 rings (SSSR count). The summed E-state index contributed by atoms with van der Waals surface area (Å²) in [6.07, 6.45) is -4.42. The number of hydrogen-bond donors (Lipinski definition) is 0. The third-order valence-electron chi connectivity index (χ3n) is 5.02. The first-order chi connectivity index (χ1) is 15.2. The lowest BCUT2D eigenvalue weighted by molar-refractivity contribution is -0.137. The highest BCUT2D eigenvalue weighted by Gasteiger charge is 2.30. The van der Waals surface area contributed by atoms with Crippen molar-refractivity contribution in [3.8, 4) is 22.8 Å². The van der Waals surface area contributed by atoms with Crippen LogP contribution in [0.5, 0.6) is 0 Å². The summed E-state index contributed by atoms with van der Waals surface area (Å²) in [5.74, 6) is 0.897. The van der Waals surface area contributed by atoms with Gasteiger partial charge in [-0.3, -0.25) is 0 Å². The summed E-state index contributed by atoms with van der Waals surface area (Å²) in [5, 5.41) is 2.71. The lowest BCUT2D eigenvalue weighted by Gasteiger charge is -2.34. The lowest BCUT2D eigenvalue weighted by Crippen LogP contribution is -2.48. The van der Waals surface area contributed by atoms with E-state index in [1.165, 1.54) is 28.0 Å². The third-order valence-corrected chi connectivity index (χ3v) is 7.09. The number of rotatable bonds is 5. The van der Waals surface area contributed by atoms with Crippen molar-refractivity contribution in [2.75, 3.05) is 31.1 Å². The van der Waals surface area contributed by atoms with Gasteiger partial charge in [0.15, 0.2) is 5.82 Å². The zero-order valence-electron chi connectivity index (χ0n) is 16.7. The predicted octanol–water partition coefficient (Wildman–Crippen LogP) is 3.88. The Morgan fingerprint density at radius 2 is 1.69 bits per heavy atom. The quantitative estimate of drug-likeness (QED) is 0.550. The minimum Gasteiger partial charge on any atom is -0.354 e. The molecule has 0 atom stereocenters. The van der Waals surface area contributed by atoms with Gasteiger partial charge in [0.2, 0.25) is 10.0 Å². The average Bonchev–Trinajstić information content (AvgIpc) is 3.33. The van der Waals surface area contributed by atoms with E-state index in [-0.39, 0.29) is 13.1 Å². The van der Waals surface area contributed by atoms with E-state index in [1.807, 2.05) is 4.90 Å². The molecule has 1 saturated heterocycles. The summed E-state index contributed by atoms with van der Waals surface area (Å²) < 4.78 is 68.4. The third kappa shape index (κ3) is 4.66. The Hall–Kier alpha value is -2.83. The molecule has 0 bridgehead atoms. The highest BCUT2D eigenvalue weighted by molar-refractivity contribution is 7.92. The lowest BCUT2D eigenvalue weighted by atomic mass is 10.1. The molecule has 0 spiro atoms. The number of piperazine rings is 1. The largest absolute Gasteiger partial charge is 0.416 e. The van der Waals surface area contributed by atoms with Gasteiger partial charge >= 0.3 is 6.18 Å². The van der Waals surface area contributed by atoms with Crippen LogP contribution in [0.25, 0.3) is 22.8 Å². The highest BCUT2D eigenvalue weighted by atomic mass is 32.2. The van der Waals surface area contributed by atoms with Crippen LogP contribution >= 0.6 is 11.5 Å². The molecule has 7 nitrogen and oxygen atoms in total. The maximum absolute atomic E-state index is 12.9. The summed E-state index contributed by atoms with van der Waals surface area (Å²) in [4.78, 5) is 11.0. The second kappa shape index (κ2) is 8.60. The minimum atomic E-state index is -4.42. The Kier molecular flexibility index (Phi) is 6.01. The van der Waals surface area contributed by atoms with Crippen molar-refractivity contribution >= 4 is 27.4 Å². The van der Waals surface area contributed by atoms with E-state index < -0.39 is 21.8 Å². The van der Waals surface area contributed by atoms with Crippen molar-refractivity contribution in [3.05, 3.63) is 59.3 Å². The number of alkyl halides is 3. The van der Waals surface area contributed by atoms with Gasteiger partial charge < -0.3 is 4.90 Å². The fraction of sp³-hybridized carbons (Fsp3) is 0.250. The van der Waals surface area contributed by atoms with Gasteiger partial charge in [-0.15, -0.1) is 0 Å². The minimum absolute atomic E-state index is 0.264. The van der Waals surface area contributed by atoms with Crippen molar-refractivity contribution in [1.82, 2.24) is 18.6 Å². The van der Waals surface area contributed by atoms with E-state index in [9.17, 15) is 21.6 Å². The second-order valence-corrected chi connectivity index (χ2v) is 9.54. The van der Waals surface area contributed by atoms with Crippen molar-refractivity contribution in [2.45, 2.75) is 6.18 Å². The maximum atomic E-state index is 12.9. The standard InChI is InChI=1S/C20H18F3N5O2S2/c1-2-32(29,30)28-10-8-27(9-11-28)18-13-17(24-19(25-18)16-7-12-31-26-16)14-3-5-15(6-4-14)20(21,22)23/h2-7,12-13H,1,8-11H2. The van der Waals surface area contributed by atoms with Crippen molar-refractivity contribution in [2.24, 2.45) is 0 Å². The molecule has 0 amide bonds. The molecule has 0 N–H and O–H groups in total. The van der Waals surface area contributed by atoms with Crippen molar-refractivity contribution in [3.63, 3.8) is 0 Å². The summed E-state index contributed by atoms with van der Waals surface area (Å²) in [5.41, 5.74) is 0.770. The van der Waals surface area contributed by atoms with Crippen LogP contribution in [-0.2, 0) is 16.2 Å². The van der Waals surface area contributed by atoms with Crippen LogP contribution in [-0.4, -0.2) is 53.2 Å². The van der Waals surface area contributed by atoms with E-state index >= 15 is 0 Å². The Balaban J connectivity index is 1.68. The molecule has 0 radical (unpaired) electrons. The van der Waals surface area contributed by atoms with Gasteiger partial charge in [0.1, 0.15) is 11.5 Å². The average molecular weight is 482 g/mol. The normalized spacial score (nSPS) is 15.7. The molecule has 0 saturated carbocycles. The van der Waals surface area contributed by atoms with Gasteiger partial charge in [-0.1, -0.05) is 18.7 Å². The van der Waals surface area contributed by atoms with Crippen LogP contribution in [0.1, 0.15) is 5.56 Å². The molecular weight excluding hydrogens is 463 g/mol. The first-order valence-electron chi connectivity index (χ1n) is 9.52. The number of anilines is 1. The van der Waals surface area contributed by atoms with Crippen LogP contribution in [0.3, 0.4) is 0 Å². The summed E-state index contributed by atoms with van der Waals surface area (Å²) in [6, 6.07) is 8.21. The molecule has 168 valence electrons. The van der Waals surface area contributed by atoms with E-state index in [2.05, 4.69) is 20.9 Å². The number of hydrogen-bond acceptors (Lipinski definition) is 7. The molecule has 2 aromatic heterocycles. The molecule has 1 aromatic carbocycles. The number of aromatic nitrogens is 3. The summed E-state index contributed by atoms with van der Waals surface area (Å²) >= 11 is 1.24. The zero-order chi connectivity index (χ0) is 22.9. The monoisotopic (exact) mass is 481 g/mol. The first kappa shape index (κ1) is 22.4. The first-order valence-corrected chi connectivity index (χ1v) is 11.9. The SMILES string of the molecule is C=CS(=O)(=O)N1CCN(c2cc(-c3ccc(C(F)(F)F)cc3)nc(-c3ccsn3)n2)CC1. The number of benzene rings is 1.